The van der Waals surface area contributed by atoms with Crippen molar-refractivity contribution in [2.45, 2.75) is 51.5 Å². The molecular weight excluding hydrogens is 453 g/mol. The first-order valence-electron chi connectivity index (χ1n) is 11.8. The Kier molecular flexibility index (Phi) is 7.14. The van der Waals surface area contributed by atoms with Crippen molar-refractivity contribution in [2.75, 3.05) is 11.9 Å². The molecule has 2 aliphatic rings. The second kappa shape index (κ2) is 10.2. The van der Waals surface area contributed by atoms with Gasteiger partial charge in [0.15, 0.2) is 5.78 Å². The van der Waals surface area contributed by atoms with Crippen molar-refractivity contribution in [2.24, 2.45) is 5.41 Å². The fourth-order valence-corrected chi connectivity index (χ4v) is 4.81. The maximum Gasteiger partial charge on any atom is 0.328 e. The zero-order valence-electron chi connectivity index (χ0n) is 19.5. The summed E-state index contributed by atoms with van der Waals surface area (Å²) >= 11 is 0. The Morgan fingerprint density at radius 2 is 1.89 bits per heavy atom. The average Bonchev–Trinajstić information content (AvgIpc) is 2.86. The van der Waals surface area contributed by atoms with Crippen LogP contribution in [-0.4, -0.2) is 29.3 Å². The topological polar surface area (TPSA) is 111 Å². The third-order valence-electron chi connectivity index (χ3n) is 6.70. The summed E-state index contributed by atoms with van der Waals surface area (Å²) in [6.45, 7) is 2.00. The first-order valence-corrected chi connectivity index (χ1v) is 11.8. The fourth-order valence-electron chi connectivity index (χ4n) is 4.81. The Morgan fingerprint density at radius 1 is 1.17 bits per heavy atom. The van der Waals surface area contributed by atoms with E-state index in [1.165, 1.54) is 6.07 Å². The quantitative estimate of drug-likeness (QED) is 0.296. The SMILES string of the molecule is CCOC(=O)[C@H](Cc1ccc(Nc2ccc(F)cc2[N+](=O)[O-])cc1)NC1=CC(=O)C12CCCCC2. The number of benzene rings is 2. The van der Waals surface area contributed by atoms with Gasteiger partial charge >= 0.3 is 5.97 Å². The molecule has 0 aliphatic heterocycles. The van der Waals surface area contributed by atoms with E-state index in [0.29, 0.717) is 12.1 Å². The average molecular weight is 482 g/mol. The number of esters is 1. The summed E-state index contributed by atoms with van der Waals surface area (Å²) in [5, 5.41) is 17.5. The molecule has 0 aromatic heterocycles. The third kappa shape index (κ3) is 5.18. The Labute approximate surface area is 202 Å². The standard InChI is InChI=1S/C26H28FN3O5/c1-2-35-25(32)21(29-23-16-24(31)26(23)12-4-3-5-13-26)14-17-6-9-19(10-7-17)28-20-11-8-18(27)15-22(20)30(33)34/h6-11,15-16,21,28-29H,2-5,12-14H2,1H3/t21-/m0/s1. The lowest BCUT2D eigenvalue weighted by Gasteiger charge is -2.44. The highest BCUT2D eigenvalue weighted by molar-refractivity contribution is 6.05. The predicted octanol–water partition coefficient (Wildman–Crippen LogP) is 4.96. The monoisotopic (exact) mass is 481 g/mol. The van der Waals surface area contributed by atoms with Crippen LogP contribution in [0.25, 0.3) is 0 Å². The summed E-state index contributed by atoms with van der Waals surface area (Å²) < 4.78 is 18.7. The summed E-state index contributed by atoms with van der Waals surface area (Å²) in [6, 6.07) is 9.77. The molecule has 2 aromatic rings. The zero-order chi connectivity index (χ0) is 25.0. The molecule has 2 aliphatic carbocycles. The lowest BCUT2D eigenvalue weighted by atomic mass is 9.62. The van der Waals surface area contributed by atoms with Crippen molar-refractivity contribution < 1.29 is 23.6 Å². The van der Waals surface area contributed by atoms with Crippen molar-refractivity contribution in [3.05, 3.63) is 75.7 Å². The van der Waals surface area contributed by atoms with Crippen LogP contribution in [0.15, 0.2) is 54.2 Å². The lowest BCUT2D eigenvalue weighted by molar-refractivity contribution is -0.384. The Morgan fingerprint density at radius 3 is 2.51 bits per heavy atom. The highest BCUT2D eigenvalue weighted by Gasteiger charge is 2.49. The molecule has 9 heteroatoms. The van der Waals surface area contributed by atoms with Gasteiger partial charge < -0.3 is 15.4 Å². The zero-order valence-corrected chi connectivity index (χ0v) is 19.5. The molecule has 35 heavy (non-hydrogen) atoms. The van der Waals surface area contributed by atoms with E-state index < -0.39 is 22.2 Å². The summed E-state index contributed by atoms with van der Waals surface area (Å²) in [5.74, 6) is -0.941. The number of halogens is 1. The van der Waals surface area contributed by atoms with Crippen LogP contribution < -0.4 is 10.6 Å². The van der Waals surface area contributed by atoms with Crippen LogP contribution >= 0.6 is 0 Å². The number of carbonyl (C=O) groups excluding carboxylic acids is 2. The molecule has 8 nitrogen and oxygen atoms in total. The normalized spacial score (nSPS) is 17.2. The highest BCUT2D eigenvalue weighted by atomic mass is 19.1. The molecule has 2 aromatic carbocycles. The smallest absolute Gasteiger partial charge is 0.328 e. The first kappa shape index (κ1) is 24.4. The van der Waals surface area contributed by atoms with Crippen molar-refractivity contribution in [3.63, 3.8) is 0 Å². The van der Waals surface area contributed by atoms with Crippen LogP contribution in [0.5, 0.6) is 0 Å². The number of nitrogens with zero attached hydrogens (tertiary/aromatic N) is 1. The number of nitro groups is 1. The number of hydrogen-bond donors (Lipinski definition) is 2. The largest absolute Gasteiger partial charge is 0.464 e. The number of nitro benzene ring substituents is 1. The van der Waals surface area contributed by atoms with Gasteiger partial charge in [0.05, 0.1) is 23.0 Å². The lowest BCUT2D eigenvalue weighted by Crippen LogP contribution is -2.52. The van der Waals surface area contributed by atoms with Gasteiger partial charge in [0.1, 0.15) is 17.5 Å². The number of hydrogen-bond acceptors (Lipinski definition) is 7. The van der Waals surface area contributed by atoms with Gasteiger partial charge in [0.2, 0.25) is 0 Å². The van der Waals surface area contributed by atoms with E-state index in [0.717, 1.165) is 55.5 Å². The van der Waals surface area contributed by atoms with E-state index in [2.05, 4.69) is 10.6 Å². The van der Waals surface area contributed by atoms with Crippen molar-refractivity contribution in [3.8, 4) is 0 Å². The second-order valence-corrected chi connectivity index (χ2v) is 8.96. The van der Waals surface area contributed by atoms with Crippen LogP contribution in [0.1, 0.15) is 44.6 Å². The van der Waals surface area contributed by atoms with Crippen molar-refractivity contribution in [1.29, 1.82) is 0 Å². The van der Waals surface area contributed by atoms with Crippen LogP contribution in [0, 0.1) is 21.3 Å². The number of rotatable bonds is 9. The highest BCUT2D eigenvalue weighted by Crippen LogP contribution is 2.48. The molecule has 0 heterocycles. The van der Waals surface area contributed by atoms with Gasteiger partial charge in [-0.3, -0.25) is 14.9 Å². The molecule has 0 bridgehead atoms. The molecular formula is C26H28FN3O5. The van der Waals surface area contributed by atoms with E-state index in [1.807, 2.05) is 12.1 Å². The van der Waals surface area contributed by atoms with Crippen LogP contribution in [0.2, 0.25) is 0 Å². The third-order valence-corrected chi connectivity index (χ3v) is 6.70. The van der Waals surface area contributed by atoms with Gasteiger partial charge in [-0.25, -0.2) is 9.18 Å². The summed E-state index contributed by atoms with van der Waals surface area (Å²) in [4.78, 5) is 35.7. The maximum absolute atomic E-state index is 13.4. The summed E-state index contributed by atoms with van der Waals surface area (Å²) in [7, 11) is 0. The molecule has 2 N–H and O–H groups in total. The van der Waals surface area contributed by atoms with E-state index >= 15 is 0 Å². The Balaban J connectivity index is 1.47. The first-order chi connectivity index (χ1) is 16.8. The van der Waals surface area contributed by atoms with Crippen molar-refractivity contribution >= 4 is 28.8 Å². The molecule has 0 amide bonds. The molecule has 184 valence electrons. The molecule has 1 atom stereocenters. The molecule has 0 saturated heterocycles. The minimum Gasteiger partial charge on any atom is -0.464 e. The predicted molar refractivity (Wildman–Crippen MR) is 129 cm³/mol. The number of ketones is 1. The van der Waals surface area contributed by atoms with Crippen molar-refractivity contribution in [1.82, 2.24) is 5.32 Å². The van der Waals surface area contributed by atoms with Gasteiger partial charge in [-0.2, -0.15) is 0 Å². The second-order valence-electron chi connectivity index (χ2n) is 8.96. The van der Waals surface area contributed by atoms with Crippen LogP contribution in [0.3, 0.4) is 0 Å². The van der Waals surface area contributed by atoms with E-state index in [9.17, 15) is 24.1 Å². The summed E-state index contributed by atoms with van der Waals surface area (Å²) in [5.41, 5.74) is 1.58. The molecule has 1 fully saturated rings. The van der Waals surface area contributed by atoms with Crippen LogP contribution in [0.4, 0.5) is 21.5 Å². The number of anilines is 2. The van der Waals surface area contributed by atoms with E-state index in [4.69, 9.17) is 4.74 Å². The molecule has 0 unspecified atom stereocenters. The van der Waals surface area contributed by atoms with Gasteiger partial charge in [0.25, 0.3) is 5.69 Å². The molecule has 0 radical (unpaired) electrons. The van der Waals surface area contributed by atoms with Gasteiger partial charge in [-0.15, -0.1) is 0 Å². The molecule has 4 rings (SSSR count). The summed E-state index contributed by atoms with van der Waals surface area (Å²) in [6.07, 6.45) is 6.65. The number of ether oxygens (including phenoxy) is 1. The van der Waals surface area contributed by atoms with Gasteiger partial charge in [-0.05, 0) is 49.6 Å². The molecule has 1 saturated carbocycles. The Hall–Kier alpha value is -3.75. The minimum atomic E-state index is -0.687. The minimum absolute atomic E-state index is 0.132. The van der Waals surface area contributed by atoms with Gasteiger partial charge in [-0.1, -0.05) is 31.4 Å². The van der Waals surface area contributed by atoms with Gasteiger partial charge in [0, 0.05) is 23.9 Å². The number of nitrogens with one attached hydrogen (secondary N) is 2. The number of carbonyl (C=O) groups is 2. The fraction of sp³-hybridized carbons (Fsp3) is 0.385. The van der Waals surface area contributed by atoms with E-state index in [1.54, 1.807) is 25.1 Å². The Bertz CT molecular complexity index is 1160. The van der Waals surface area contributed by atoms with Crippen LogP contribution in [-0.2, 0) is 20.7 Å². The molecule has 1 spiro atoms. The maximum atomic E-state index is 13.4. The van der Waals surface area contributed by atoms with E-state index in [-0.39, 0.29) is 29.7 Å². The number of allylic oxidation sites excluding steroid dienone is 2.